The van der Waals surface area contributed by atoms with Gasteiger partial charge < -0.3 is 10.0 Å². The van der Waals surface area contributed by atoms with Crippen molar-refractivity contribution in [2.45, 2.75) is 39.8 Å². The number of rotatable bonds is 2. The number of aliphatic hydroxyl groups excluding tert-OH is 1. The van der Waals surface area contributed by atoms with Crippen molar-refractivity contribution < 1.29 is 5.11 Å². The van der Waals surface area contributed by atoms with E-state index < -0.39 is 0 Å². The summed E-state index contributed by atoms with van der Waals surface area (Å²) in [6, 6.07) is 6.23. The first-order valence-electron chi connectivity index (χ1n) is 6.21. The molecule has 0 amide bonds. The summed E-state index contributed by atoms with van der Waals surface area (Å²) in [5.41, 5.74) is 4.86. The molecule has 2 heteroatoms. The number of allylic oxidation sites excluding steroid dienone is 1. The smallest absolute Gasteiger partial charge is 0.0682 e. The van der Waals surface area contributed by atoms with Crippen LogP contribution in [0.3, 0.4) is 0 Å². The highest BCUT2D eigenvalue weighted by Crippen LogP contribution is 2.38. The zero-order chi connectivity index (χ0) is 12.6. The van der Waals surface area contributed by atoms with Crippen molar-refractivity contribution in [2.24, 2.45) is 0 Å². The van der Waals surface area contributed by atoms with Crippen molar-refractivity contribution >= 4 is 11.3 Å². The van der Waals surface area contributed by atoms with E-state index in [1.807, 2.05) is 6.07 Å². The van der Waals surface area contributed by atoms with E-state index in [0.717, 1.165) is 12.1 Å². The highest BCUT2D eigenvalue weighted by atomic mass is 16.3. The fourth-order valence-electron chi connectivity index (χ4n) is 2.81. The van der Waals surface area contributed by atoms with E-state index in [1.165, 1.54) is 16.8 Å². The summed E-state index contributed by atoms with van der Waals surface area (Å²) < 4.78 is 0. The van der Waals surface area contributed by atoms with Crippen molar-refractivity contribution in [1.82, 2.24) is 0 Å². The number of anilines is 1. The molecule has 0 unspecified atom stereocenters. The molecule has 92 valence electrons. The largest absolute Gasteiger partial charge is 0.392 e. The molecular weight excluding hydrogens is 210 g/mol. The topological polar surface area (TPSA) is 23.5 Å². The first-order valence-corrected chi connectivity index (χ1v) is 6.21. The van der Waals surface area contributed by atoms with Gasteiger partial charge >= 0.3 is 0 Å². The lowest BCUT2D eigenvalue weighted by atomic mass is 9.88. The Hall–Kier alpha value is -1.28. The van der Waals surface area contributed by atoms with E-state index in [0.29, 0.717) is 0 Å². The Morgan fingerprint density at radius 2 is 2.00 bits per heavy atom. The minimum absolute atomic E-state index is 0.0416. The van der Waals surface area contributed by atoms with Gasteiger partial charge in [0, 0.05) is 17.8 Å². The van der Waals surface area contributed by atoms with Crippen LogP contribution in [0.2, 0.25) is 0 Å². The molecule has 1 heterocycles. The van der Waals surface area contributed by atoms with Crippen LogP contribution < -0.4 is 4.90 Å². The summed E-state index contributed by atoms with van der Waals surface area (Å²) in [4.78, 5) is 2.38. The Morgan fingerprint density at radius 3 is 2.59 bits per heavy atom. The molecule has 1 N–H and O–H groups in total. The van der Waals surface area contributed by atoms with Crippen LogP contribution in [0.1, 0.15) is 38.8 Å². The average molecular weight is 231 g/mol. The van der Waals surface area contributed by atoms with Crippen molar-refractivity contribution in [3.63, 3.8) is 0 Å². The van der Waals surface area contributed by atoms with Crippen molar-refractivity contribution in [3.8, 4) is 0 Å². The van der Waals surface area contributed by atoms with E-state index >= 15 is 0 Å². The summed E-state index contributed by atoms with van der Waals surface area (Å²) in [6.07, 6.45) is 2.32. The number of hydrogen-bond donors (Lipinski definition) is 1. The van der Waals surface area contributed by atoms with Crippen molar-refractivity contribution in [1.29, 1.82) is 0 Å². The third-order valence-corrected chi connectivity index (χ3v) is 3.54. The molecule has 1 aliphatic heterocycles. The summed E-state index contributed by atoms with van der Waals surface area (Å²) in [5.74, 6) is 0. The number of likely N-dealkylation sites (N-methyl/N-ethyl adjacent to an activating group) is 1. The molecule has 0 saturated carbocycles. The molecule has 1 aliphatic rings. The first-order chi connectivity index (χ1) is 7.99. The predicted molar refractivity (Wildman–Crippen MR) is 73.1 cm³/mol. The number of fused-ring (bicyclic) bond motifs is 1. The third kappa shape index (κ3) is 1.98. The Bertz CT molecular complexity index is 460. The standard InChI is InChI=1S/C15H21NO/c1-5-16-14-8-12(10-17)6-7-13(14)11(2)9-15(16,3)4/h6-9,17H,5,10H2,1-4H3. The SMILES string of the molecule is CCN1c2cc(CO)ccc2C(C)=CC1(C)C. The maximum Gasteiger partial charge on any atom is 0.0682 e. The minimum atomic E-state index is 0.0416. The Morgan fingerprint density at radius 1 is 1.29 bits per heavy atom. The second-order valence-corrected chi connectivity index (χ2v) is 5.23. The Balaban J connectivity index is 2.60. The second-order valence-electron chi connectivity index (χ2n) is 5.23. The highest BCUT2D eigenvalue weighted by Gasteiger charge is 2.29. The molecule has 0 radical (unpaired) electrons. The van der Waals surface area contributed by atoms with Crippen LogP contribution in [-0.2, 0) is 6.61 Å². The maximum atomic E-state index is 9.26. The lowest BCUT2D eigenvalue weighted by molar-refractivity contribution is 0.282. The van der Waals surface area contributed by atoms with E-state index in [4.69, 9.17) is 0 Å². The summed E-state index contributed by atoms with van der Waals surface area (Å²) in [7, 11) is 0. The molecule has 0 aromatic heterocycles. The van der Waals surface area contributed by atoms with Gasteiger partial charge in [0.1, 0.15) is 0 Å². The fraction of sp³-hybridized carbons (Fsp3) is 0.467. The van der Waals surface area contributed by atoms with Crippen LogP contribution >= 0.6 is 0 Å². The molecule has 2 rings (SSSR count). The fourth-order valence-corrected chi connectivity index (χ4v) is 2.81. The van der Waals surface area contributed by atoms with Crippen LogP contribution in [0.4, 0.5) is 5.69 Å². The maximum absolute atomic E-state index is 9.26. The average Bonchev–Trinajstić information content (AvgIpc) is 2.27. The van der Waals surface area contributed by atoms with Gasteiger partial charge in [0.2, 0.25) is 0 Å². The molecule has 0 atom stereocenters. The van der Waals surface area contributed by atoms with Gasteiger partial charge in [-0.2, -0.15) is 0 Å². The molecule has 17 heavy (non-hydrogen) atoms. The van der Waals surface area contributed by atoms with Crippen LogP contribution in [-0.4, -0.2) is 17.2 Å². The lowest BCUT2D eigenvalue weighted by Gasteiger charge is -2.43. The van der Waals surface area contributed by atoms with E-state index in [1.54, 1.807) is 0 Å². The van der Waals surface area contributed by atoms with E-state index in [9.17, 15) is 5.11 Å². The van der Waals surface area contributed by atoms with Gasteiger partial charge in [0.25, 0.3) is 0 Å². The second kappa shape index (κ2) is 4.19. The highest BCUT2D eigenvalue weighted by molar-refractivity contribution is 5.81. The van der Waals surface area contributed by atoms with Gasteiger partial charge in [0.05, 0.1) is 12.1 Å². The third-order valence-electron chi connectivity index (χ3n) is 3.54. The van der Waals surface area contributed by atoms with Crippen LogP contribution in [0.25, 0.3) is 5.57 Å². The lowest BCUT2D eigenvalue weighted by Crippen LogP contribution is -2.44. The van der Waals surface area contributed by atoms with Crippen LogP contribution in [0.15, 0.2) is 24.3 Å². The molecule has 0 aliphatic carbocycles. The van der Waals surface area contributed by atoms with E-state index in [2.05, 4.69) is 50.8 Å². The van der Waals surface area contributed by atoms with Crippen molar-refractivity contribution in [2.75, 3.05) is 11.4 Å². The molecule has 0 saturated heterocycles. The summed E-state index contributed by atoms with van der Waals surface area (Å²) >= 11 is 0. The van der Waals surface area contributed by atoms with Gasteiger partial charge in [-0.05, 0) is 44.9 Å². The van der Waals surface area contributed by atoms with Crippen LogP contribution in [0, 0.1) is 0 Å². The monoisotopic (exact) mass is 231 g/mol. The van der Waals surface area contributed by atoms with Crippen molar-refractivity contribution in [3.05, 3.63) is 35.4 Å². The van der Waals surface area contributed by atoms with E-state index in [-0.39, 0.29) is 12.1 Å². The number of aliphatic hydroxyl groups is 1. The number of nitrogens with zero attached hydrogens (tertiary/aromatic N) is 1. The zero-order valence-electron chi connectivity index (χ0n) is 11.1. The van der Waals surface area contributed by atoms with Gasteiger partial charge in [-0.15, -0.1) is 0 Å². The van der Waals surface area contributed by atoms with Gasteiger partial charge in [-0.25, -0.2) is 0 Å². The molecule has 1 aromatic carbocycles. The summed E-state index contributed by atoms with van der Waals surface area (Å²) in [6.45, 7) is 9.87. The number of hydrogen-bond acceptors (Lipinski definition) is 2. The van der Waals surface area contributed by atoms with Crippen LogP contribution in [0.5, 0.6) is 0 Å². The zero-order valence-corrected chi connectivity index (χ0v) is 11.1. The van der Waals surface area contributed by atoms with Gasteiger partial charge in [-0.1, -0.05) is 18.2 Å². The Labute approximate surface area is 104 Å². The van der Waals surface area contributed by atoms with Gasteiger partial charge in [-0.3, -0.25) is 0 Å². The first kappa shape index (κ1) is 12.2. The molecule has 0 spiro atoms. The normalized spacial score (nSPS) is 17.7. The Kier molecular flexibility index (Phi) is 3.00. The molecule has 0 bridgehead atoms. The number of benzene rings is 1. The molecule has 1 aromatic rings. The summed E-state index contributed by atoms with van der Waals surface area (Å²) in [5, 5.41) is 9.26. The molecule has 2 nitrogen and oxygen atoms in total. The quantitative estimate of drug-likeness (QED) is 0.845. The predicted octanol–water partition coefficient (Wildman–Crippen LogP) is 3.20. The minimum Gasteiger partial charge on any atom is -0.392 e. The van der Waals surface area contributed by atoms with Gasteiger partial charge in [0.15, 0.2) is 0 Å². The molecular formula is C15H21NO. The molecule has 0 fully saturated rings.